The number of ether oxygens (including phenoxy) is 1. The summed E-state index contributed by atoms with van der Waals surface area (Å²) < 4.78 is 5.56. The fourth-order valence-corrected chi connectivity index (χ4v) is 2.14. The maximum absolute atomic E-state index is 9.35. The molecular formula is C10H20O2. The Morgan fingerprint density at radius 3 is 2.42 bits per heavy atom. The molecule has 0 aromatic heterocycles. The van der Waals surface area contributed by atoms with Crippen molar-refractivity contribution in [2.45, 2.75) is 57.2 Å². The normalized spacial score (nSPS) is 36.8. The molecule has 0 saturated heterocycles. The molecule has 12 heavy (non-hydrogen) atoms. The van der Waals surface area contributed by atoms with Crippen molar-refractivity contribution in [1.29, 1.82) is 0 Å². The SMILES string of the molecule is CCCC1(OC)CCC(O)CC1. The molecule has 0 bridgehead atoms. The minimum Gasteiger partial charge on any atom is -0.393 e. The fourth-order valence-electron chi connectivity index (χ4n) is 2.14. The van der Waals surface area contributed by atoms with Crippen LogP contribution in [-0.2, 0) is 4.74 Å². The van der Waals surface area contributed by atoms with Gasteiger partial charge in [-0.1, -0.05) is 13.3 Å². The van der Waals surface area contributed by atoms with Gasteiger partial charge < -0.3 is 9.84 Å². The van der Waals surface area contributed by atoms with Crippen molar-refractivity contribution in [3.05, 3.63) is 0 Å². The summed E-state index contributed by atoms with van der Waals surface area (Å²) in [5.41, 5.74) is 0.0913. The van der Waals surface area contributed by atoms with E-state index in [9.17, 15) is 5.11 Å². The second kappa shape index (κ2) is 4.24. The Labute approximate surface area is 74.9 Å². The van der Waals surface area contributed by atoms with Crippen molar-refractivity contribution in [2.75, 3.05) is 7.11 Å². The van der Waals surface area contributed by atoms with Gasteiger partial charge in [0.2, 0.25) is 0 Å². The molecule has 1 aliphatic rings. The quantitative estimate of drug-likeness (QED) is 0.706. The van der Waals surface area contributed by atoms with Gasteiger partial charge in [0.25, 0.3) is 0 Å². The highest BCUT2D eigenvalue weighted by atomic mass is 16.5. The van der Waals surface area contributed by atoms with E-state index in [0.29, 0.717) is 0 Å². The van der Waals surface area contributed by atoms with E-state index in [0.717, 1.165) is 32.1 Å². The minimum absolute atomic E-state index is 0.0786. The van der Waals surface area contributed by atoms with Crippen LogP contribution in [0, 0.1) is 0 Å². The lowest BCUT2D eigenvalue weighted by Gasteiger charge is -2.37. The molecular weight excluding hydrogens is 152 g/mol. The molecule has 72 valence electrons. The lowest BCUT2D eigenvalue weighted by Crippen LogP contribution is -2.37. The first-order chi connectivity index (χ1) is 5.72. The van der Waals surface area contributed by atoms with Gasteiger partial charge in [0.1, 0.15) is 0 Å². The molecule has 0 atom stereocenters. The Kier molecular flexibility index (Phi) is 3.53. The Morgan fingerprint density at radius 2 is 2.00 bits per heavy atom. The highest BCUT2D eigenvalue weighted by Gasteiger charge is 2.33. The van der Waals surface area contributed by atoms with Gasteiger partial charge in [-0.05, 0) is 32.1 Å². The summed E-state index contributed by atoms with van der Waals surface area (Å²) >= 11 is 0. The van der Waals surface area contributed by atoms with Crippen molar-refractivity contribution >= 4 is 0 Å². The van der Waals surface area contributed by atoms with Crippen molar-refractivity contribution in [3.8, 4) is 0 Å². The summed E-state index contributed by atoms with van der Waals surface area (Å²) in [6.07, 6.45) is 6.10. The molecule has 0 spiro atoms. The maximum Gasteiger partial charge on any atom is 0.0680 e. The number of aliphatic hydroxyl groups excluding tert-OH is 1. The van der Waals surface area contributed by atoms with Gasteiger partial charge in [-0.3, -0.25) is 0 Å². The van der Waals surface area contributed by atoms with Gasteiger partial charge in [0, 0.05) is 7.11 Å². The lowest BCUT2D eigenvalue weighted by atomic mass is 9.80. The zero-order valence-electron chi connectivity index (χ0n) is 8.18. The Hall–Kier alpha value is -0.0800. The summed E-state index contributed by atoms with van der Waals surface area (Å²) in [6.45, 7) is 2.19. The third-order valence-electron chi connectivity index (χ3n) is 3.00. The lowest BCUT2D eigenvalue weighted by molar-refractivity contribution is -0.0692. The van der Waals surface area contributed by atoms with E-state index >= 15 is 0 Å². The molecule has 0 radical (unpaired) electrons. The van der Waals surface area contributed by atoms with E-state index in [-0.39, 0.29) is 11.7 Å². The van der Waals surface area contributed by atoms with Crippen LogP contribution >= 0.6 is 0 Å². The molecule has 1 aliphatic carbocycles. The third kappa shape index (κ3) is 2.20. The average Bonchev–Trinajstić information content (AvgIpc) is 2.10. The fraction of sp³-hybridized carbons (Fsp3) is 1.00. The van der Waals surface area contributed by atoms with Crippen LogP contribution in [0.3, 0.4) is 0 Å². The molecule has 0 aliphatic heterocycles. The Balaban J connectivity index is 2.45. The summed E-state index contributed by atoms with van der Waals surface area (Å²) in [4.78, 5) is 0. The molecule has 1 fully saturated rings. The zero-order chi connectivity index (χ0) is 9.03. The summed E-state index contributed by atoms with van der Waals surface area (Å²) in [7, 11) is 1.80. The van der Waals surface area contributed by atoms with Crippen molar-refractivity contribution < 1.29 is 9.84 Å². The van der Waals surface area contributed by atoms with Gasteiger partial charge in [-0.2, -0.15) is 0 Å². The number of rotatable bonds is 3. The van der Waals surface area contributed by atoms with Crippen LogP contribution in [0.15, 0.2) is 0 Å². The van der Waals surface area contributed by atoms with Crippen LogP contribution in [0.2, 0.25) is 0 Å². The van der Waals surface area contributed by atoms with Crippen LogP contribution < -0.4 is 0 Å². The molecule has 2 nitrogen and oxygen atoms in total. The molecule has 1 N–H and O–H groups in total. The molecule has 0 unspecified atom stereocenters. The van der Waals surface area contributed by atoms with Gasteiger partial charge in [0.05, 0.1) is 11.7 Å². The van der Waals surface area contributed by atoms with Crippen LogP contribution in [-0.4, -0.2) is 23.9 Å². The smallest absolute Gasteiger partial charge is 0.0680 e. The molecule has 2 heteroatoms. The topological polar surface area (TPSA) is 29.5 Å². The monoisotopic (exact) mass is 172 g/mol. The molecule has 1 saturated carbocycles. The molecule has 0 amide bonds. The first-order valence-corrected chi connectivity index (χ1v) is 4.95. The molecule has 0 aromatic carbocycles. The van der Waals surface area contributed by atoms with E-state index in [1.165, 1.54) is 6.42 Å². The van der Waals surface area contributed by atoms with Crippen LogP contribution in [0.4, 0.5) is 0 Å². The number of hydrogen-bond donors (Lipinski definition) is 1. The van der Waals surface area contributed by atoms with Gasteiger partial charge in [-0.15, -0.1) is 0 Å². The van der Waals surface area contributed by atoms with Gasteiger partial charge in [0.15, 0.2) is 0 Å². The molecule has 0 aromatic rings. The van der Waals surface area contributed by atoms with E-state index in [1.807, 2.05) is 0 Å². The second-order valence-corrected chi connectivity index (χ2v) is 3.87. The van der Waals surface area contributed by atoms with E-state index in [1.54, 1.807) is 7.11 Å². The van der Waals surface area contributed by atoms with E-state index in [4.69, 9.17) is 4.74 Å². The summed E-state index contributed by atoms with van der Waals surface area (Å²) in [5.74, 6) is 0. The van der Waals surface area contributed by atoms with Gasteiger partial charge in [-0.25, -0.2) is 0 Å². The van der Waals surface area contributed by atoms with Crippen molar-refractivity contribution in [3.63, 3.8) is 0 Å². The van der Waals surface area contributed by atoms with Crippen molar-refractivity contribution in [1.82, 2.24) is 0 Å². The van der Waals surface area contributed by atoms with Crippen LogP contribution in [0.25, 0.3) is 0 Å². The molecule has 1 rings (SSSR count). The summed E-state index contributed by atoms with van der Waals surface area (Å²) in [5, 5.41) is 9.35. The first kappa shape index (κ1) is 10.0. The highest BCUT2D eigenvalue weighted by molar-refractivity contribution is 4.86. The van der Waals surface area contributed by atoms with Gasteiger partial charge >= 0.3 is 0 Å². The van der Waals surface area contributed by atoms with E-state index < -0.39 is 0 Å². The maximum atomic E-state index is 9.35. The first-order valence-electron chi connectivity index (χ1n) is 4.95. The van der Waals surface area contributed by atoms with E-state index in [2.05, 4.69) is 6.92 Å². The standard InChI is InChI=1S/C10H20O2/c1-3-6-10(12-2)7-4-9(11)5-8-10/h9,11H,3-8H2,1-2H3. The minimum atomic E-state index is -0.0786. The zero-order valence-corrected chi connectivity index (χ0v) is 8.18. The predicted molar refractivity (Wildman–Crippen MR) is 49.1 cm³/mol. The van der Waals surface area contributed by atoms with Crippen LogP contribution in [0.1, 0.15) is 45.4 Å². The average molecular weight is 172 g/mol. The molecule has 0 heterocycles. The number of hydrogen-bond acceptors (Lipinski definition) is 2. The predicted octanol–water partition coefficient (Wildman–Crippen LogP) is 2.11. The largest absolute Gasteiger partial charge is 0.393 e. The number of methoxy groups -OCH3 is 1. The summed E-state index contributed by atoms with van der Waals surface area (Å²) in [6, 6.07) is 0. The third-order valence-corrected chi connectivity index (χ3v) is 3.00. The van der Waals surface area contributed by atoms with Crippen molar-refractivity contribution in [2.24, 2.45) is 0 Å². The second-order valence-electron chi connectivity index (χ2n) is 3.87. The Morgan fingerprint density at radius 1 is 1.42 bits per heavy atom. The van der Waals surface area contributed by atoms with Crippen LogP contribution in [0.5, 0.6) is 0 Å². The number of aliphatic hydroxyl groups is 1. The Bertz CT molecular complexity index is 126. The highest BCUT2D eigenvalue weighted by Crippen LogP contribution is 2.34.